The van der Waals surface area contributed by atoms with Crippen LogP contribution in [0.4, 0.5) is 5.69 Å². The van der Waals surface area contributed by atoms with E-state index in [9.17, 15) is 4.79 Å². The van der Waals surface area contributed by atoms with E-state index < -0.39 is 5.97 Å². The summed E-state index contributed by atoms with van der Waals surface area (Å²) in [6, 6.07) is 4.99. The number of rotatable bonds is 3. The Morgan fingerprint density at radius 3 is 2.94 bits per heavy atom. The topological polar surface area (TPSA) is 58.6 Å². The van der Waals surface area contributed by atoms with Crippen LogP contribution >= 0.6 is 11.6 Å². The van der Waals surface area contributed by atoms with Gasteiger partial charge in [-0.1, -0.05) is 17.7 Å². The largest absolute Gasteiger partial charge is 0.478 e. The van der Waals surface area contributed by atoms with Gasteiger partial charge in [0.1, 0.15) is 11.8 Å². The number of nitrogens with one attached hydrogen (secondary N) is 1. The van der Waals surface area contributed by atoms with Gasteiger partial charge in [-0.05, 0) is 31.4 Å². The molecule has 1 aromatic rings. The Morgan fingerprint density at radius 1 is 1.47 bits per heavy atom. The van der Waals surface area contributed by atoms with E-state index in [0.29, 0.717) is 12.3 Å². The fourth-order valence-corrected chi connectivity index (χ4v) is 2.15. The first-order valence-corrected chi connectivity index (χ1v) is 5.96. The number of anilines is 1. The van der Waals surface area contributed by atoms with Gasteiger partial charge in [0, 0.05) is 6.61 Å². The van der Waals surface area contributed by atoms with Crippen LogP contribution in [0.25, 0.3) is 0 Å². The van der Waals surface area contributed by atoms with Crippen LogP contribution in [0.15, 0.2) is 18.2 Å². The molecule has 0 radical (unpaired) electrons. The van der Waals surface area contributed by atoms with Gasteiger partial charge in [0.15, 0.2) is 0 Å². The molecule has 1 aromatic carbocycles. The molecule has 1 unspecified atom stereocenters. The number of carboxylic acid groups (broad SMARTS) is 1. The van der Waals surface area contributed by atoms with Crippen molar-refractivity contribution in [3.8, 4) is 0 Å². The molecule has 2 rings (SSSR count). The Balaban J connectivity index is 2.19. The molecular formula is C12H14ClNO3. The van der Waals surface area contributed by atoms with Crippen molar-refractivity contribution in [1.29, 1.82) is 0 Å². The van der Waals surface area contributed by atoms with E-state index in [4.69, 9.17) is 21.4 Å². The summed E-state index contributed by atoms with van der Waals surface area (Å²) in [5.41, 5.74) is 0.611. The minimum atomic E-state index is -1.03. The van der Waals surface area contributed by atoms with Gasteiger partial charge in [0.05, 0.1) is 10.7 Å². The van der Waals surface area contributed by atoms with Gasteiger partial charge in [-0.2, -0.15) is 0 Å². The number of aromatic carboxylic acids is 1. The van der Waals surface area contributed by atoms with Gasteiger partial charge in [-0.3, -0.25) is 0 Å². The first-order chi connectivity index (χ1) is 8.18. The van der Waals surface area contributed by atoms with Gasteiger partial charge in [0.25, 0.3) is 0 Å². The van der Waals surface area contributed by atoms with Crippen molar-refractivity contribution in [1.82, 2.24) is 0 Å². The summed E-state index contributed by atoms with van der Waals surface area (Å²) in [5, 5.41) is 12.4. The van der Waals surface area contributed by atoms with Crippen molar-refractivity contribution in [2.24, 2.45) is 0 Å². The fraction of sp³-hybridized carbons (Fsp3) is 0.417. The van der Waals surface area contributed by atoms with Crippen molar-refractivity contribution in [3.63, 3.8) is 0 Å². The molecule has 0 bridgehead atoms. The van der Waals surface area contributed by atoms with Crippen LogP contribution in [-0.4, -0.2) is 23.9 Å². The Morgan fingerprint density at radius 2 is 2.29 bits per heavy atom. The predicted octanol–water partition coefficient (Wildman–Crippen LogP) is 2.98. The number of carboxylic acids is 1. The Hall–Kier alpha value is -1.26. The number of hydrogen-bond acceptors (Lipinski definition) is 3. The molecule has 2 N–H and O–H groups in total. The first-order valence-electron chi connectivity index (χ1n) is 5.58. The molecule has 1 atom stereocenters. The summed E-state index contributed by atoms with van der Waals surface area (Å²) in [6.07, 6.45) is 2.89. The molecule has 92 valence electrons. The second kappa shape index (κ2) is 5.38. The second-order valence-corrected chi connectivity index (χ2v) is 4.37. The monoisotopic (exact) mass is 255 g/mol. The van der Waals surface area contributed by atoms with Crippen LogP contribution < -0.4 is 5.32 Å². The highest BCUT2D eigenvalue weighted by molar-refractivity contribution is 6.34. The summed E-state index contributed by atoms with van der Waals surface area (Å²) < 4.78 is 5.51. The number of benzene rings is 1. The summed E-state index contributed by atoms with van der Waals surface area (Å²) in [7, 11) is 0. The minimum Gasteiger partial charge on any atom is -0.478 e. The average Bonchev–Trinajstić information content (AvgIpc) is 2.30. The first kappa shape index (κ1) is 12.2. The molecule has 1 aliphatic heterocycles. The molecule has 4 nitrogen and oxygen atoms in total. The fourth-order valence-electron chi connectivity index (χ4n) is 1.89. The molecule has 1 heterocycles. The van der Waals surface area contributed by atoms with Gasteiger partial charge < -0.3 is 15.2 Å². The lowest BCUT2D eigenvalue weighted by Crippen LogP contribution is -2.28. The quantitative estimate of drug-likeness (QED) is 0.872. The van der Waals surface area contributed by atoms with Gasteiger partial charge in [-0.25, -0.2) is 4.79 Å². The van der Waals surface area contributed by atoms with Crippen molar-refractivity contribution in [3.05, 3.63) is 28.8 Å². The maximum Gasteiger partial charge on any atom is 0.339 e. The smallest absolute Gasteiger partial charge is 0.339 e. The van der Waals surface area contributed by atoms with Crippen LogP contribution in [0.1, 0.15) is 29.6 Å². The summed E-state index contributed by atoms with van der Waals surface area (Å²) in [5.74, 6) is -1.03. The second-order valence-electron chi connectivity index (χ2n) is 3.97. The molecular weight excluding hydrogens is 242 g/mol. The highest BCUT2D eigenvalue weighted by Crippen LogP contribution is 2.26. The third-order valence-electron chi connectivity index (χ3n) is 2.72. The van der Waals surface area contributed by atoms with Crippen LogP contribution in [-0.2, 0) is 4.74 Å². The Labute approximate surface area is 105 Å². The molecule has 1 saturated heterocycles. The van der Waals surface area contributed by atoms with Crippen molar-refractivity contribution in [2.75, 3.05) is 11.9 Å². The lowest BCUT2D eigenvalue weighted by Gasteiger charge is -2.25. The number of halogens is 1. The third kappa shape index (κ3) is 2.90. The summed E-state index contributed by atoms with van der Waals surface area (Å²) >= 11 is 5.88. The Bertz CT molecular complexity index is 416. The number of hydrogen-bond donors (Lipinski definition) is 2. The zero-order valence-electron chi connectivity index (χ0n) is 9.28. The summed E-state index contributed by atoms with van der Waals surface area (Å²) in [4.78, 5) is 11.1. The number of ether oxygens (including phenoxy) is 1. The molecule has 0 saturated carbocycles. The van der Waals surface area contributed by atoms with Crippen LogP contribution in [0.5, 0.6) is 0 Å². The molecule has 0 aromatic heterocycles. The van der Waals surface area contributed by atoms with Gasteiger partial charge in [0.2, 0.25) is 0 Å². The number of carbonyl (C=O) groups is 1. The maximum atomic E-state index is 11.1. The average molecular weight is 256 g/mol. The zero-order chi connectivity index (χ0) is 12.3. The highest BCUT2D eigenvalue weighted by atomic mass is 35.5. The van der Waals surface area contributed by atoms with E-state index >= 15 is 0 Å². The molecule has 17 heavy (non-hydrogen) atoms. The molecule has 0 amide bonds. The standard InChI is InChI=1S/C12H14ClNO3/c13-8-4-3-5-9(11(8)12(15)16)14-10-6-1-2-7-17-10/h3-5,10,14H,1-2,6-7H2,(H,15,16). The van der Waals surface area contributed by atoms with Crippen molar-refractivity contribution >= 4 is 23.3 Å². The maximum absolute atomic E-state index is 11.1. The normalized spacial score (nSPS) is 19.9. The molecule has 1 fully saturated rings. The van der Waals surface area contributed by atoms with Crippen LogP contribution in [0.3, 0.4) is 0 Å². The highest BCUT2D eigenvalue weighted by Gasteiger charge is 2.19. The van der Waals surface area contributed by atoms with E-state index in [1.807, 2.05) is 0 Å². The lowest BCUT2D eigenvalue weighted by atomic mass is 10.1. The minimum absolute atomic E-state index is 0.100. The molecule has 0 aliphatic carbocycles. The van der Waals surface area contributed by atoms with Gasteiger partial charge in [-0.15, -0.1) is 0 Å². The van der Waals surface area contributed by atoms with E-state index in [1.54, 1.807) is 18.2 Å². The third-order valence-corrected chi connectivity index (χ3v) is 3.04. The lowest BCUT2D eigenvalue weighted by molar-refractivity contribution is 0.0342. The van der Waals surface area contributed by atoms with Crippen molar-refractivity contribution < 1.29 is 14.6 Å². The predicted molar refractivity (Wildman–Crippen MR) is 65.6 cm³/mol. The van der Waals surface area contributed by atoms with E-state index in [0.717, 1.165) is 19.3 Å². The van der Waals surface area contributed by atoms with Crippen LogP contribution in [0.2, 0.25) is 5.02 Å². The van der Waals surface area contributed by atoms with E-state index in [-0.39, 0.29) is 16.8 Å². The van der Waals surface area contributed by atoms with Crippen LogP contribution in [0, 0.1) is 0 Å². The Kier molecular flexibility index (Phi) is 3.86. The zero-order valence-corrected chi connectivity index (χ0v) is 10.0. The summed E-state index contributed by atoms with van der Waals surface area (Å²) in [6.45, 7) is 0.709. The SMILES string of the molecule is O=C(O)c1c(Cl)cccc1NC1CCCCO1. The van der Waals surface area contributed by atoms with Gasteiger partial charge >= 0.3 is 5.97 Å². The molecule has 5 heteroatoms. The van der Waals surface area contributed by atoms with E-state index in [1.165, 1.54) is 0 Å². The van der Waals surface area contributed by atoms with Crippen molar-refractivity contribution in [2.45, 2.75) is 25.5 Å². The molecule has 1 aliphatic rings. The molecule has 0 spiro atoms. The van der Waals surface area contributed by atoms with E-state index in [2.05, 4.69) is 5.32 Å².